The Morgan fingerprint density at radius 1 is 1.17 bits per heavy atom. The van der Waals surface area contributed by atoms with Crippen LogP contribution in [0, 0.1) is 11.6 Å². The van der Waals surface area contributed by atoms with E-state index in [9.17, 15) is 13.6 Å². The zero-order valence-corrected chi connectivity index (χ0v) is 12.4. The number of carbonyl (C=O) groups excluding carboxylic acids is 1. The fourth-order valence-corrected chi connectivity index (χ4v) is 2.66. The maximum absolute atomic E-state index is 13.5. The van der Waals surface area contributed by atoms with Gasteiger partial charge in [0, 0.05) is 17.5 Å². The van der Waals surface area contributed by atoms with Crippen molar-refractivity contribution in [2.75, 3.05) is 11.9 Å². The summed E-state index contributed by atoms with van der Waals surface area (Å²) in [5.41, 5.74) is 1.55. The van der Waals surface area contributed by atoms with Crippen LogP contribution in [0.4, 0.5) is 14.5 Å². The molecule has 0 spiro atoms. The summed E-state index contributed by atoms with van der Waals surface area (Å²) in [7, 11) is 0. The highest BCUT2D eigenvalue weighted by Gasteiger charge is 2.17. The molecule has 1 amide bonds. The highest BCUT2D eigenvalue weighted by molar-refractivity contribution is 5.92. The average Bonchev–Trinajstić information content (AvgIpc) is 2.56. The smallest absolute Gasteiger partial charge is 0.262 e. The standard InChI is InChI=1S/C17H16F2N2O2/c18-12-5-3-6-13(19)17(12)21-16(22)10-23-15-8-9-20-14-7-2-1-4-11(14)15/h3,5-6,8-9H,1-2,4,7,10H2,(H,21,22). The van der Waals surface area contributed by atoms with Gasteiger partial charge in [-0.15, -0.1) is 0 Å². The third-order valence-corrected chi connectivity index (χ3v) is 3.78. The fraction of sp³-hybridized carbons (Fsp3) is 0.294. The van der Waals surface area contributed by atoms with Crippen molar-refractivity contribution in [1.29, 1.82) is 0 Å². The molecule has 0 radical (unpaired) electrons. The molecule has 0 aliphatic heterocycles. The highest BCUT2D eigenvalue weighted by Crippen LogP contribution is 2.28. The van der Waals surface area contributed by atoms with Crippen molar-refractivity contribution >= 4 is 11.6 Å². The lowest BCUT2D eigenvalue weighted by molar-refractivity contribution is -0.118. The highest BCUT2D eigenvalue weighted by atomic mass is 19.1. The lowest BCUT2D eigenvalue weighted by Gasteiger charge is -2.18. The molecule has 6 heteroatoms. The quantitative estimate of drug-likeness (QED) is 0.941. The molecule has 2 aromatic rings. The lowest BCUT2D eigenvalue weighted by Crippen LogP contribution is -2.22. The molecule has 120 valence electrons. The minimum atomic E-state index is -0.820. The number of nitrogens with zero attached hydrogens (tertiary/aromatic N) is 1. The van der Waals surface area contributed by atoms with Crippen LogP contribution in [-0.4, -0.2) is 17.5 Å². The number of para-hydroxylation sites is 1. The van der Waals surface area contributed by atoms with Crippen molar-refractivity contribution in [3.63, 3.8) is 0 Å². The summed E-state index contributed by atoms with van der Waals surface area (Å²) in [6, 6.07) is 5.11. The van der Waals surface area contributed by atoms with Crippen molar-refractivity contribution in [1.82, 2.24) is 4.98 Å². The molecule has 0 saturated heterocycles. The predicted molar refractivity (Wildman–Crippen MR) is 81.4 cm³/mol. The first-order valence-electron chi connectivity index (χ1n) is 7.48. The molecule has 1 aromatic heterocycles. The van der Waals surface area contributed by atoms with E-state index in [1.54, 1.807) is 12.3 Å². The maximum atomic E-state index is 13.5. The Bertz CT molecular complexity index is 714. The average molecular weight is 318 g/mol. The summed E-state index contributed by atoms with van der Waals surface area (Å²) in [5, 5.41) is 2.20. The van der Waals surface area contributed by atoms with Gasteiger partial charge >= 0.3 is 0 Å². The largest absolute Gasteiger partial charge is 0.483 e. The summed E-state index contributed by atoms with van der Waals surface area (Å²) < 4.78 is 32.5. The molecular formula is C17H16F2N2O2. The Morgan fingerprint density at radius 3 is 2.70 bits per heavy atom. The van der Waals surface area contributed by atoms with Gasteiger partial charge in [-0.3, -0.25) is 9.78 Å². The zero-order valence-electron chi connectivity index (χ0n) is 12.4. The number of fused-ring (bicyclic) bond motifs is 1. The first-order valence-corrected chi connectivity index (χ1v) is 7.48. The normalized spacial score (nSPS) is 13.3. The van der Waals surface area contributed by atoms with Gasteiger partial charge in [0.15, 0.2) is 6.61 Å². The number of ether oxygens (including phenoxy) is 1. The van der Waals surface area contributed by atoms with Crippen molar-refractivity contribution in [3.8, 4) is 5.75 Å². The molecule has 0 unspecified atom stereocenters. The molecule has 1 aromatic carbocycles. The van der Waals surface area contributed by atoms with Crippen molar-refractivity contribution < 1.29 is 18.3 Å². The Balaban J connectivity index is 1.66. The third-order valence-electron chi connectivity index (χ3n) is 3.78. The van der Waals surface area contributed by atoms with Gasteiger partial charge in [0.2, 0.25) is 0 Å². The molecule has 1 aliphatic rings. The van der Waals surface area contributed by atoms with Gasteiger partial charge in [-0.1, -0.05) is 6.07 Å². The van der Waals surface area contributed by atoms with Crippen molar-refractivity contribution in [3.05, 3.63) is 53.4 Å². The van der Waals surface area contributed by atoms with Crippen LogP contribution in [0.25, 0.3) is 0 Å². The third kappa shape index (κ3) is 3.47. The number of rotatable bonds is 4. The van der Waals surface area contributed by atoms with Crippen LogP contribution >= 0.6 is 0 Å². The van der Waals surface area contributed by atoms with Crippen LogP contribution in [0.1, 0.15) is 24.1 Å². The molecule has 1 aliphatic carbocycles. The molecule has 3 rings (SSSR count). The molecule has 0 bridgehead atoms. The zero-order chi connectivity index (χ0) is 16.2. The van der Waals surface area contributed by atoms with E-state index in [2.05, 4.69) is 10.3 Å². The van der Waals surface area contributed by atoms with E-state index in [-0.39, 0.29) is 6.61 Å². The molecule has 4 nitrogen and oxygen atoms in total. The van der Waals surface area contributed by atoms with Gasteiger partial charge in [0.25, 0.3) is 5.91 Å². The number of aryl methyl sites for hydroxylation is 1. The minimum absolute atomic E-state index is 0.315. The summed E-state index contributed by atoms with van der Waals surface area (Å²) in [4.78, 5) is 16.2. The molecule has 1 N–H and O–H groups in total. The van der Waals surface area contributed by atoms with E-state index in [0.29, 0.717) is 5.75 Å². The summed E-state index contributed by atoms with van der Waals surface area (Å²) in [5.74, 6) is -1.64. The monoisotopic (exact) mass is 318 g/mol. The lowest BCUT2D eigenvalue weighted by atomic mass is 9.95. The van der Waals surface area contributed by atoms with Crippen LogP contribution in [-0.2, 0) is 17.6 Å². The number of anilines is 1. The predicted octanol–water partition coefficient (Wildman–Crippen LogP) is 3.26. The topological polar surface area (TPSA) is 51.2 Å². The number of pyridine rings is 1. The Kier molecular flexibility index (Phi) is 4.50. The summed E-state index contributed by atoms with van der Waals surface area (Å²) in [6.07, 6.45) is 5.56. The number of hydrogen-bond donors (Lipinski definition) is 1. The van der Waals surface area contributed by atoms with Crippen LogP contribution < -0.4 is 10.1 Å². The van der Waals surface area contributed by atoms with Crippen molar-refractivity contribution in [2.45, 2.75) is 25.7 Å². The second kappa shape index (κ2) is 6.73. The molecular weight excluding hydrogens is 302 g/mol. The first-order chi connectivity index (χ1) is 11.1. The summed E-state index contributed by atoms with van der Waals surface area (Å²) in [6.45, 7) is -0.315. The van der Waals surface area contributed by atoms with Crippen molar-refractivity contribution in [2.24, 2.45) is 0 Å². The van der Waals surface area contributed by atoms with Gasteiger partial charge in [0.05, 0.1) is 0 Å². The number of nitrogens with one attached hydrogen (secondary N) is 1. The first kappa shape index (κ1) is 15.4. The Morgan fingerprint density at radius 2 is 1.91 bits per heavy atom. The Hall–Kier alpha value is -2.50. The van der Waals surface area contributed by atoms with E-state index in [4.69, 9.17) is 4.74 Å². The SMILES string of the molecule is O=C(COc1ccnc2c1CCCC2)Nc1c(F)cccc1F. The molecule has 0 saturated carbocycles. The van der Waals surface area contributed by atoms with E-state index in [1.807, 2.05) is 0 Å². The number of aromatic nitrogens is 1. The number of hydrogen-bond acceptors (Lipinski definition) is 3. The second-order valence-corrected chi connectivity index (χ2v) is 5.37. The summed E-state index contributed by atoms with van der Waals surface area (Å²) >= 11 is 0. The fourth-order valence-electron chi connectivity index (χ4n) is 2.66. The Labute approximate surface area is 132 Å². The van der Waals surface area contributed by atoms with E-state index in [0.717, 1.165) is 49.1 Å². The minimum Gasteiger partial charge on any atom is -0.483 e. The van der Waals surface area contributed by atoms with Crippen LogP contribution in [0.3, 0.4) is 0 Å². The molecule has 1 heterocycles. The van der Waals surface area contributed by atoms with Gasteiger partial charge in [-0.05, 0) is 43.9 Å². The number of amides is 1. The van der Waals surface area contributed by atoms with Crippen LogP contribution in [0.15, 0.2) is 30.5 Å². The van der Waals surface area contributed by atoms with Gasteiger partial charge in [-0.25, -0.2) is 8.78 Å². The van der Waals surface area contributed by atoms with Gasteiger partial charge in [0.1, 0.15) is 23.1 Å². The maximum Gasteiger partial charge on any atom is 0.262 e. The number of benzene rings is 1. The number of halogens is 2. The van der Waals surface area contributed by atoms with E-state index < -0.39 is 23.2 Å². The molecule has 0 atom stereocenters. The van der Waals surface area contributed by atoms with Crippen LogP contribution in [0.5, 0.6) is 5.75 Å². The van der Waals surface area contributed by atoms with Gasteiger partial charge < -0.3 is 10.1 Å². The second-order valence-electron chi connectivity index (χ2n) is 5.37. The molecule has 0 fully saturated rings. The van der Waals surface area contributed by atoms with E-state index >= 15 is 0 Å². The number of carbonyl (C=O) groups is 1. The van der Waals surface area contributed by atoms with Crippen LogP contribution in [0.2, 0.25) is 0 Å². The molecule has 23 heavy (non-hydrogen) atoms. The van der Waals surface area contributed by atoms with Gasteiger partial charge in [-0.2, -0.15) is 0 Å². The van der Waals surface area contributed by atoms with E-state index in [1.165, 1.54) is 6.07 Å².